The first-order chi connectivity index (χ1) is 16.5. The number of anilines is 2. The summed E-state index contributed by atoms with van der Waals surface area (Å²) in [7, 11) is 0. The molecule has 3 aromatic heterocycles. The van der Waals surface area contributed by atoms with Gasteiger partial charge in [-0.15, -0.1) is 22.7 Å². The fourth-order valence-corrected chi connectivity index (χ4v) is 4.48. The van der Waals surface area contributed by atoms with Crippen LogP contribution in [0.4, 0.5) is 10.8 Å². The first-order valence-corrected chi connectivity index (χ1v) is 12.0. The summed E-state index contributed by atoms with van der Waals surface area (Å²) in [5.41, 5.74) is 2.34. The Balaban J connectivity index is 1.32. The molecule has 0 saturated carbocycles. The van der Waals surface area contributed by atoms with Crippen LogP contribution in [0.2, 0.25) is 0 Å². The van der Waals surface area contributed by atoms with Crippen molar-refractivity contribution in [3.63, 3.8) is 0 Å². The molecule has 0 bridgehead atoms. The Morgan fingerprint density at radius 1 is 1.09 bits per heavy atom. The van der Waals surface area contributed by atoms with Crippen LogP contribution in [0.1, 0.15) is 21.7 Å². The Morgan fingerprint density at radius 3 is 2.71 bits per heavy atom. The highest BCUT2D eigenvalue weighted by atomic mass is 32.1. The lowest BCUT2D eigenvalue weighted by atomic mass is 10.2. The number of hydrogen-bond acceptors (Lipinski definition) is 8. The number of benzene rings is 1. The first-order valence-electron chi connectivity index (χ1n) is 10.2. The van der Waals surface area contributed by atoms with E-state index in [-0.39, 0.29) is 24.1 Å². The fraction of sp³-hybridized carbons (Fsp3) is 0.125. The van der Waals surface area contributed by atoms with E-state index in [0.29, 0.717) is 34.2 Å². The maximum absolute atomic E-state index is 12.5. The number of hydrogen-bond donors (Lipinski definition) is 2. The lowest BCUT2D eigenvalue weighted by Crippen LogP contribution is -2.16. The number of aryl methyl sites for hydroxylation is 1. The van der Waals surface area contributed by atoms with Crippen molar-refractivity contribution in [2.24, 2.45) is 0 Å². The number of aromatic nitrogens is 2. The van der Waals surface area contributed by atoms with E-state index in [1.54, 1.807) is 41.9 Å². The van der Waals surface area contributed by atoms with Crippen molar-refractivity contribution < 1.29 is 14.3 Å². The first kappa shape index (κ1) is 23.1. The minimum Gasteiger partial charge on any atom is -0.438 e. The molecule has 34 heavy (non-hydrogen) atoms. The Bertz CT molecular complexity index is 1360. The monoisotopic (exact) mass is 489 g/mol. The third kappa shape index (κ3) is 6.04. The zero-order valence-electron chi connectivity index (χ0n) is 18.1. The minimum atomic E-state index is -0.227. The molecule has 4 rings (SSSR count). The van der Waals surface area contributed by atoms with E-state index in [1.165, 1.54) is 22.7 Å². The van der Waals surface area contributed by atoms with E-state index in [0.717, 1.165) is 10.4 Å². The fourth-order valence-electron chi connectivity index (χ4n) is 3.05. The molecule has 2 N–H and O–H groups in total. The van der Waals surface area contributed by atoms with Crippen molar-refractivity contribution in [2.75, 3.05) is 10.6 Å². The van der Waals surface area contributed by atoms with Crippen molar-refractivity contribution in [2.45, 2.75) is 19.8 Å². The van der Waals surface area contributed by atoms with Crippen LogP contribution in [-0.2, 0) is 22.4 Å². The van der Waals surface area contributed by atoms with Crippen molar-refractivity contribution in [1.29, 1.82) is 5.26 Å². The van der Waals surface area contributed by atoms with Gasteiger partial charge < -0.3 is 15.4 Å². The lowest BCUT2D eigenvalue weighted by molar-refractivity contribution is -0.116. The van der Waals surface area contributed by atoms with E-state index >= 15 is 0 Å². The van der Waals surface area contributed by atoms with Gasteiger partial charge in [-0.1, -0.05) is 6.07 Å². The average Bonchev–Trinajstić information content (AvgIpc) is 3.48. The van der Waals surface area contributed by atoms with Gasteiger partial charge in [0.25, 0.3) is 0 Å². The number of nitrogens with one attached hydrogen (secondary N) is 2. The number of nitriles is 1. The number of rotatable bonds is 8. The molecule has 0 spiro atoms. The predicted octanol–water partition coefficient (Wildman–Crippen LogP) is 4.93. The van der Waals surface area contributed by atoms with Gasteiger partial charge in [-0.05, 0) is 54.3 Å². The van der Waals surface area contributed by atoms with E-state index in [1.807, 2.05) is 30.5 Å². The van der Waals surface area contributed by atoms with Gasteiger partial charge in [0.05, 0.1) is 18.5 Å². The van der Waals surface area contributed by atoms with Crippen LogP contribution in [0.25, 0.3) is 0 Å². The molecule has 0 aliphatic carbocycles. The zero-order valence-corrected chi connectivity index (χ0v) is 19.7. The van der Waals surface area contributed by atoms with Gasteiger partial charge in [-0.3, -0.25) is 9.59 Å². The van der Waals surface area contributed by atoms with Crippen molar-refractivity contribution in [1.82, 2.24) is 9.97 Å². The summed E-state index contributed by atoms with van der Waals surface area (Å²) in [6.07, 6.45) is 1.93. The van der Waals surface area contributed by atoms with Crippen LogP contribution < -0.4 is 15.4 Å². The smallest absolute Gasteiger partial charge is 0.237 e. The molecule has 4 aromatic rings. The molecular formula is C24H19N5O3S2. The molecule has 2 amide bonds. The summed E-state index contributed by atoms with van der Waals surface area (Å²) in [5.74, 6) is 0.365. The predicted molar refractivity (Wildman–Crippen MR) is 131 cm³/mol. The second kappa shape index (κ2) is 10.7. The normalized spacial score (nSPS) is 10.4. The van der Waals surface area contributed by atoms with Gasteiger partial charge >= 0.3 is 0 Å². The third-order valence-corrected chi connectivity index (χ3v) is 6.32. The average molecular weight is 490 g/mol. The maximum Gasteiger partial charge on any atom is 0.237 e. The molecule has 8 nitrogen and oxygen atoms in total. The lowest BCUT2D eigenvalue weighted by Gasteiger charge is -2.11. The number of carbonyl (C=O) groups excluding carboxylic acids is 2. The van der Waals surface area contributed by atoms with Crippen LogP contribution >= 0.6 is 22.7 Å². The number of ether oxygens (including phenoxy) is 1. The number of nitrogens with zero attached hydrogens (tertiary/aromatic N) is 3. The standard InChI is InChI=1S/C24H19N5O3S2/c1-15-10-18(32-23-16(13-25)4-2-8-26-23)6-7-20(15)28-21(30)11-17-14-34-24(27-17)29-22(31)12-19-5-3-9-33-19/h2-10,14H,11-12H2,1H3,(H,28,30)(H,27,29,31). The van der Waals surface area contributed by atoms with Crippen LogP contribution in [0, 0.1) is 18.3 Å². The highest BCUT2D eigenvalue weighted by Gasteiger charge is 2.13. The Hall–Kier alpha value is -4.07. The second-order valence-corrected chi connectivity index (χ2v) is 9.11. The van der Waals surface area contributed by atoms with E-state index < -0.39 is 0 Å². The van der Waals surface area contributed by atoms with Gasteiger partial charge in [0, 0.05) is 22.1 Å². The number of carbonyl (C=O) groups is 2. The van der Waals surface area contributed by atoms with Crippen LogP contribution in [-0.4, -0.2) is 21.8 Å². The molecule has 0 atom stereocenters. The SMILES string of the molecule is Cc1cc(Oc2ncccc2C#N)ccc1NC(=O)Cc1csc(NC(=O)Cc2cccs2)n1. The zero-order chi connectivity index (χ0) is 23.9. The van der Waals surface area contributed by atoms with Crippen molar-refractivity contribution in [3.05, 3.63) is 81.1 Å². The number of amides is 2. The second-order valence-electron chi connectivity index (χ2n) is 7.22. The summed E-state index contributed by atoms with van der Waals surface area (Å²) in [4.78, 5) is 34.0. The van der Waals surface area contributed by atoms with Crippen molar-refractivity contribution >= 4 is 45.3 Å². The highest BCUT2D eigenvalue weighted by molar-refractivity contribution is 7.14. The topological polar surface area (TPSA) is 117 Å². The summed E-state index contributed by atoms with van der Waals surface area (Å²) >= 11 is 2.81. The Labute approximate surface area is 203 Å². The van der Waals surface area contributed by atoms with Gasteiger partial charge in [0.2, 0.25) is 17.7 Å². The largest absolute Gasteiger partial charge is 0.438 e. The molecule has 0 fully saturated rings. The molecule has 0 saturated heterocycles. The molecule has 0 unspecified atom stereocenters. The van der Waals surface area contributed by atoms with Gasteiger partial charge in [-0.2, -0.15) is 5.26 Å². The minimum absolute atomic E-state index is 0.0778. The third-order valence-electron chi connectivity index (χ3n) is 4.63. The highest BCUT2D eigenvalue weighted by Crippen LogP contribution is 2.27. The van der Waals surface area contributed by atoms with E-state index in [4.69, 9.17) is 10.00 Å². The molecule has 170 valence electrons. The van der Waals surface area contributed by atoms with Crippen LogP contribution in [0.15, 0.2) is 59.4 Å². The van der Waals surface area contributed by atoms with E-state index in [9.17, 15) is 9.59 Å². The molecule has 3 heterocycles. The number of thiophene rings is 1. The summed E-state index contributed by atoms with van der Waals surface area (Å²) in [6, 6.07) is 14.3. The molecule has 1 aromatic carbocycles. The van der Waals surface area contributed by atoms with Gasteiger partial charge in [-0.25, -0.2) is 9.97 Å². The van der Waals surface area contributed by atoms with Gasteiger partial charge in [0.15, 0.2) is 5.13 Å². The molecule has 10 heteroatoms. The number of thiazole rings is 1. The summed E-state index contributed by atoms with van der Waals surface area (Å²) in [5, 5.41) is 19.0. The summed E-state index contributed by atoms with van der Waals surface area (Å²) in [6.45, 7) is 1.84. The molecular weight excluding hydrogens is 470 g/mol. The maximum atomic E-state index is 12.5. The Morgan fingerprint density at radius 2 is 1.94 bits per heavy atom. The molecule has 0 aliphatic heterocycles. The van der Waals surface area contributed by atoms with Crippen molar-refractivity contribution in [3.8, 4) is 17.7 Å². The van der Waals surface area contributed by atoms with Crippen LogP contribution in [0.5, 0.6) is 11.6 Å². The van der Waals surface area contributed by atoms with E-state index in [2.05, 4.69) is 20.6 Å². The molecule has 0 radical (unpaired) electrons. The Kier molecular flexibility index (Phi) is 7.27. The summed E-state index contributed by atoms with van der Waals surface area (Å²) < 4.78 is 5.72. The molecule has 0 aliphatic rings. The number of pyridine rings is 1. The van der Waals surface area contributed by atoms with Crippen LogP contribution in [0.3, 0.4) is 0 Å². The van der Waals surface area contributed by atoms with Gasteiger partial charge in [0.1, 0.15) is 17.4 Å². The quantitative estimate of drug-likeness (QED) is 0.362.